The number of anilines is 2. The van der Waals surface area contributed by atoms with Gasteiger partial charge in [0.1, 0.15) is 5.69 Å². The molecule has 3 rings (SSSR count). The topological polar surface area (TPSA) is 148 Å². The summed E-state index contributed by atoms with van der Waals surface area (Å²) in [5.74, 6) is -0.341. The monoisotopic (exact) mass is 349 g/mol. The molecule has 0 aliphatic carbocycles. The van der Waals surface area contributed by atoms with Crippen molar-refractivity contribution < 1.29 is 4.79 Å². The molecule has 8 nitrogen and oxygen atoms in total. The second kappa shape index (κ2) is 6.98. The highest BCUT2D eigenvalue weighted by atomic mass is 16.1. The Kier molecular flexibility index (Phi) is 4.57. The number of nitrogens with two attached hydrogens (primary N) is 3. The van der Waals surface area contributed by atoms with E-state index in [1.165, 1.54) is 0 Å². The van der Waals surface area contributed by atoms with Crippen molar-refractivity contribution in [1.82, 2.24) is 4.98 Å². The molecule has 132 valence electrons. The highest BCUT2D eigenvalue weighted by Gasteiger charge is 2.10. The molecule has 1 heterocycles. The molecule has 3 aromatic rings. The fourth-order valence-electron chi connectivity index (χ4n) is 2.45. The molecule has 1 aromatic heterocycles. The van der Waals surface area contributed by atoms with Crippen LogP contribution in [0.2, 0.25) is 0 Å². The Balaban J connectivity index is 1.74. The molecule has 0 bridgehead atoms. The second-order valence-corrected chi connectivity index (χ2v) is 5.77. The molecule has 0 atom stereocenters. The molecule has 0 unspecified atom stereocenters. The fraction of sp³-hybridized carbons (Fsp3) is 0.0556. The van der Waals surface area contributed by atoms with Crippen molar-refractivity contribution >= 4 is 39.9 Å². The van der Waals surface area contributed by atoms with Crippen LogP contribution in [0.3, 0.4) is 0 Å². The largest absolute Gasteiger partial charge is 0.399 e. The number of carbonyl (C=O) groups excluding carboxylic acids is 1. The van der Waals surface area contributed by atoms with Crippen LogP contribution in [0.15, 0.2) is 58.7 Å². The fourth-order valence-corrected chi connectivity index (χ4v) is 2.45. The van der Waals surface area contributed by atoms with Crippen molar-refractivity contribution in [2.75, 3.05) is 11.1 Å². The zero-order valence-electron chi connectivity index (χ0n) is 14.2. The minimum atomic E-state index is -0.238. The van der Waals surface area contributed by atoms with Crippen LogP contribution in [0.5, 0.6) is 0 Å². The number of amides is 1. The van der Waals surface area contributed by atoms with Crippen LogP contribution in [0.4, 0.5) is 11.4 Å². The molecule has 2 aromatic carbocycles. The predicted molar refractivity (Wildman–Crippen MR) is 105 cm³/mol. The average molecular weight is 349 g/mol. The van der Waals surface area contributed by atoms with E-state index in [9.17, 15) is 4.79 Å². The quantitative estimate of drug-likeness (QED) is 0.212. The number of fused-ring (bicyclic) bond motifs is 1. The van der Waals surface area contributed by atoms with Gasteiger partial charge in [0.05, 0.1) is 5.71 Å². The van der Waals surface area contributed by atoms with Crippen molar-refractivity contribution in [3.05, 3.63) is 59.8 Å². The number of hydrogen-bond donors (Lipinski definition) is 5. The summed E-state index contributed by atoms with van der Waals surface area (Å²) in [4.78, 5) is 15.5. The van der Waals surface area contributed by atoms with Gasteiger partial charge in [-0.3, -0.25) is 4.79 Å². The molecule has 26 heavy (non-hydrogen) atoms. The first kappa shape index (κ1) is 17.0. The maximum absolute atomic E-state index is 12.4. The number of nitrogen functional groups attached to an aromatic ring is 1. The number of hydrogen-bond acceptors (Lipinski definition) is 4. The summed E-state index contributed by atoms with van der Waals surface area (Å²) >= 11 is 0. The third kappa shape index (κ3) is 3.81. The standard InChI is InChI=1S/C18H19N7O/c1-10(24-25-18(20)21)11-3-6-14(7-4-11)22-17(26)16-8-12-2-5-13(19)9-15(12)23-16/h2-9,23H,19H2,1H3,(H,22,26)(H4,20,21,25). The first-order valence-corrected chi connectivity index (χ1v) is 7.85. The normalized spacial score (nSPS) is 11.3. The Morgan fingerprint density at radius 2 is 1.77 bits per heavy atom. The molecular formula is C18H19N7O. The van der Waals surface area contributed by atoms with Crippen molar-refractivity contribution in [3.8, 4) is 0 Å². The average Bonchev–Trinajstić information content (AvgIpc) is 3.03. The van der Waals surface area contributed by atoms with Gasteiger partial charge in [-0.05, 0) is 42.8 Å². The molecule has 0 aliphatic rings. The molecule has 0 saturated heterocycles. The Morgan fingerprint density at radius 1 is 1.04 bits per heavy atom. The maximum atomic E-state index is 12.4. The Bertz CT molecular complexity index is 1010. The molecule has 0 spiro atoms. The summed E-state index contributed by atoms with van der Waals surface area (Å²) in [5.41, 5.74) is 20.3. The number of H-pyrrole nitrogens is 1. The minimum absolute atomic E-state index is 0.103. The number of guanidine groups is 1. The van der Waals surface area contributed by atoms with E-state index in [0.717, 1.165) is 16.5 Å². The van der Waals surface area contributed by atoms with Gasteiger partial charge in [-0.25, -0.2) is 0 Å². The molecule has 0 radical (unpaired) electrons. The van der Waals surface area contributed by atoms with Crippen LogP contribution >= 0.6 is 0 Å². The first-order valence-electron chi connectivity index (χ1n) is 7.85. The van der Waals surface area contributed by atoms with E-state index in [-0.39, 0.29) is 11.9 Å². The number of benzene rings is 2. The zero-order chi connectivity index (χ0) is 18.7. The lowest BCUT2D eigenvalue weighted by Crippen LogP contribution is -2.22. The summed E-state index contributed by atoms with van der Waals surface area (Å²) in [6.07, 6.45) is 0. The highest BCUT2D eigenvalue weighted by Crippen LogP contribution is 2.19. The molecule has 0 saturated carbocycles. The number of nitrogens with zero attached hydrogens (tertiary/aromatic N) is 2. The van der Waals surface area contributed by atoms with Gasteiger partial charge < -0.3 is 27.5 Å². The predicted octanol–water partition coefficient (Wildman–Crippen LogP) is 2.00. The van der Waals surface area contributed by atoms with Gasteiger partial charge in [-0.1, -0.05) is 18.2 Å². The van der Waals surface area contributed by atoms with Crippen LogP contribution in [0.1, 0.15) is 23.0 Å². The lowest BCUT2D eigenvalue weighted by molar-refractivity contribution is 0.102. The van der Waals surface area contributed by atoms with Crippen molar-refractivity contribution in [2.45, 2.75) is 6.92 Å². The summed E-state index contributed by atoms with van der Waals surface area (Å²) < 4.78 is 0. The third-order valence-electron chi connectivity index (χ3n) is 3.77. The Labute approximate surface area is 149 Å². The molecular weight excluding hydrogens is 330 g/mol. The minimum Gasteiger partial charge on any atom is -0.399 e. The van der Waals surface area contributed by atoms with E-state index in [2.05, 4.69) is 20.5 Å². The summed E-state index contributed by atoms with van der Waals surface area (Å²) in [6, 6.07) is 14.4. The Morgan fingerprint density at radius 3 is 2.46 bits per heavy atom. The van der Waals surface area contributed by atoms with Gasteiger partial charge in [-0.15, -0.1) is 5.10 Å². The van der Waals surface area contributed by atoms with Gasteiger partial charge in [0.2, 0.25) is 5.96 Å². The lowest BCUT2D eigenvalue weighted by atomic mass is 10.1. The maximum Gasteiger partial charge on any atom is 0.272 e. The number of carbonyl (C=O) groups is 1. The van der Waals surface area contributed by atoms with Gasteiger partial charge in [0.15, 0.2) is 0 Å². The molecule has 0 fully saturated rings. The van der Waals surface area contributed by atoms with Crippen LogP contribution in [-0.2, 0) is 0 Å². The number of nitrogens with one attached hydrogen (secondary N) is 2. The van der Waals surface area contributed by atoms with Crippen LogP contribution < -0.4 is 22.5 Å². The van der Waals surface area contributed by atoms with Crippen molar-refractivity contribution in [3.63, 3.8) is 0 Å². The third-order valence-corrected chi connectivity index (χ3v) is 3.77. The van der Waals surface area contributed by atoms with E-state index < -0.39 is 0 Å². The summed E-state index contributed by atoms with van der Waals surface area (Å²) in [5, 5.41) is 11.3. The van der Waals surface area contributed by atoms with E-state index in [0.29, 0.717) is 22.8 Å². The van der Waals surface area contributed by atoms with E-state index in [1.54, 1.807) is 37.3 Å². The van der Waals surface area contributed by atoms with Gasteiger partial charge in [0, 0.05) is 22.3 Å². The summed E-state index contributed by atoms with van der Waals surface area (Å²) in [6.45, 7) is 1.79. The van der Waals surface area contributed by atoms with Crippen LogP contribution in [0.25, 0.3) is 10.9 Å². The van der Waals surface area contributed by atoms with Gasteiger partial charge in [0.25, 0.3) is 5.91 Å². The van der Waals surface area contributed by atoms with Crippen LogP contribution in [-0.4, -0.2) is 22.6 Å². The van der Waals surface area contributed by atoms with Crippen molar-refractivity contribution in [2.24, 2.45) is 21.7 Å². The van der Waals surface area contributed by atoms with E-state index in [1.807, 2.05) is 18.2 Å². The number of rotatable bonds is 4. The number of aromatic amines is 1. The van der Waals surface area contributed by atoms with Gasteiger partial charge in [-0.2, -0.15) is 5.10 Å². The summed E-state index contributed by atoms with van der Waals surface area (Å²) in [7, 11) is 0. The zero-order valence-corrected chi connectivity index (χ0v) is 14.2. The molecule has 1 amide bonds. The molecule has 0 aliphatic heterocycles. The lowest BCUT2D eigenvalue weighted by Gasteiger charge is -2.05. The molecule has 8 heteroatoms. The smallest absolute Gasteiger partial charge is 0.272 e. The Hall–Kier alpha value is -3.81. The van der Waals surface area contributed by atoms with Crippen molar-refractivity contribution in [1.29, 1.82) is 0 Å². The number of aromatic nitrogens is 1. The first-order chi connectivity index (χ1) is 12.4. The van der Waals surface area contributed by atoms with Crippen LogP contribution in [0, 0.1) is 0 Å². The second-order valence-electron chi connectivity index (χ2n) is 5.77. The van der Waals surface area contributed by atoms with E-state index >= 15 is 0 Å². The highest BCUT2D eigenvalue weighted by molar-refractivity contribution is 6.06. The van der Waals surface area contributed by atoms with Gasteiger partial charge >= 0.3 is 0 Å². The molecule has 8 N–H and O–H groups in total. The SMILES string of the molecule is CC(=NN=C(N)N)c1ccc(NC(=O)c2cc3ccc(N)cc3[nH]2)cc1. The van der Waals surface area contributed by atoms with E-state index in [4.69, 9.17) is 17.2 Å².